The second kappa shape index (κ2) is 8.49. The predicted molar refractivity (Wildman–Crippen MR) is 115 cm³/mol. The molecular weight excluding hydrogens is 427 g/mol. The van der Waals surface area contributed by atoms with Gasteiger partial charge in [-0.25, -0.2) is 8.42 Å². The van der Waals surface area contributed by atoms with Crippen LogP contribution in [0.1, 0.15) is 44.1 Å². The van der Waals surface area contributed by atoms with Crippen molar-refractivity contribution in [1.29, 1.82) is 0 Å². The monoisotopic (exact) mass is 451 g/mol. The smallest absolute Gasteiger partial charge is 0.347 e. The van der Waals surface area contributed by atoms with Gasteiger partial charge in [0.05, 0.1) is 23.5 Å². The van der Waals surface area contributed by atoms with E-state index in [1.54, 1.807) is 32.9 Å². The fourth-order valence-electron chi connectivity index (χ4n) is 3.76. The molecule has 1 saturated heterocycles. The van der Waals surface area contributed by atoms with Crippen molar-refractivity contribution in [3.05, 3.63) is 75.9 Å². The average molecular weight is 452 g/mol. The van der Waals surface area contributed by atoms with Crippen LogP contribution in [0.4, 0.5) is 13.2 Å². The van der Waals surface area contributed by atoms with E-state index in [9.17, 15) is 26.4 Å². The summed E-state index contributed by atoms with van der Waals surface area (Å²) in [6, 6.07) is 9.25. The second-order valence-electron chi connectivity index (χ2n) is 8.12. The van der Waals surface area contributed by atoms with E-state index in [1.165, 1.54) is 24.3 Å². The summed E-state index contributed by atoms with van der Waals surface area (Å²) in [5.41, 5.74) is 3.22. The highest BCUT2D eigenvalue weighted by Crippen LogP contribution is 2.37. The third kappa shape index (κ3) is 5.76. The van der Waals surface area contributed by atoms with Gasteiger partial charge in [-0.15, -0.1) is 0 Å². The number of benzene rings is 2. The minimum Gasteiger partial charge on any atom is -0.347 e. The Morgan fingerprint density at radius 3 is 2.19 bits per heavy atom. The minimum absolute atomic E-state index is 0.0735. The zero-order valence-corrected chi connectivity index (χ0v) is 18.3. The number of sulfone groups is 1. The van der Waals surface area contributed by atoms with Gasteiger partial charge in [-0.3, -0.25) is 4.79 Å². The van der Waals surface area contributed by atoms with E-state index in [0.29, 0.717) is 16.7 Å². The van der Waals surface area contributed by atoms with Gasteiger partial charge in [0.1, 0.15) is 0 Å². The molecular formula is C23H24F3NO3S. The molecule has 2 aromatic rings. The van der Waals surface area contributed by atoms with E-state index in [2.05, 4.69) is 5.32 Å². The molecule has 3 rings (SSSR count). The molecule has 31 heavy (non-hydrogen) atoms. The molecule has 2 aromatic carbocycles. The molecule has 0 aliphatic carbocycles. The topological polar surface area (TPSA) is 63.2 Å². The van der Waals surface area contributed by atoms with Crippen LogP contribution in [0.5, 0.6) is 0 Å². The Morgan fingerprint density at radius 2 is 1.68 bits per heavy atom. The van der Waals surface area contributed by atoms with Crippen LogP contribution in [0, 0.1) is 20.8 Å². The number of carbonyl (C=O) groups excluding carboxylic acids is 1. The molecule has 1 aliphatic rings. The van der Waals surface area contributed by atoms with Crippen LogP contribution in [0.2, 0.25) is 0 Å². The molecule has 1 N–H and O–H groups in total. The van der Waals surface area contributed by atoms with Crippen LogP contribution >= 0.6 is 0 Å². The van der Waals surface area contributed by atoms with Gasteiger partial charge in [-0.2, -0.15) is 13.2 Å². The number of hydrogen-bond acceptors (Lipinski definition) is 3. The number of aryl methyl sites for hydroxylation is 3. The van der Waals surface area contributed by atoms with Gasteiger partial charge < -0.3 is 5.32 Å². The molecule has 1 heterocycles. The predicted octanol–water partition coefficient (Wildman–Crippen LogP) is 4.50. The van der Waals surface area contributed by atoms with E-state index < -0.39 is 33.9 Å². The number of rotatable bonds is 5. The Labute approximate surface area is 180 Å². The first-order valence-corrected chi connectivity index (χ1v) is 11.6. The molecule has 1 atom stereocenters. The number of carbonyl (C=O) groups is 1. The van der Waals surface area contributed by atoms with Crippen LogP contribution < -0.4 is 5.32 Å². The van der Waals surface area contributed by atoms with Crippen LogP contribution in [0.15, 0.2) is 42.5 Å². The van der Waals surface area contributed by atoms with E-state index >= 15 is 0 Å². The van der Waals surface area contributed by atoms with Crippen LogP contribution in [0.25, 0.3) is 6.08 Å². The maximum atomic E-state index is 13.7. The summed E-state index contributed by atoms with van der Waals surface area (Å²) in [5, 5.41) is 2.67. The van der Waals surface area contributed by atoms with Crippen molar-refractivity contribution in [3.8, 4) is 0 Å². The lowest BCUT2D eigenvalue weighted by Gasteiger charge is -2.26. The third-order valence-corrected chi connectivity index (χ3v) is 7.00. The Morgan fingerprint density at radius 1 is 1.06 bits per heavy atom. The van der Waals surface area contributed by atoms with E-state index in [4.69, 9.17) is 0 Å². The van der Waals surface area contributed by atoms with E-state index in [-0.39, 0.29) is 17.1 Å². The van der Waals surface area contributed by atoms with Crippen LogP contribution in [-0.4, -0.2) is 38.0 Å². The maximum absolute atomic E-state index is 13.7. The van der Waals surface area contributed by atoms with Gasteiger partial charge in [-0.05, 0) is 43.5 Å². The van der Waals surface area contributed by atoms with Gasteiger partial charge >= 0.3 is 6.18 Å². The molecule has 0 aromatic heterocycles. The van der Waals surface area contributed by atoms with Gasteiger partial charge in [0.25, 0.3) is 5.91 Å². The Bertz CT molecular complexity index is 1100. The van der Waals surface area contributed by atoms with Gasteiger partial charge in [0.2, 0.25) is 0 Å². The van der Waals surface area contributed by atoms with E-state index in [1.807, 2.05) is 6.07 Å². The summed E-state index contributed by atoms with van der Waals surface area (Å²) in [7, 11) is -3.05. The summed E-state index contributed by atoms with van der Waals surface area (Å²) in [6.07, 6.45) is -1.90. The molecule has 0 spiro atoms. The second-order valence-corrected chi connectivity index (χ2v) is 10.3. The lowest BCUT2D eigenvalue weighted by Crippen LogP contribution is -2.53. The van der Waals surface area contributed by atoms with Crippen molar-refractivity contribution < 1.29 is 26.4 Å². The molecule has 4 nitrogen and oxygen atoms in total. The fraction of sp³-hybridized carbons (Fsp3) is 0.348. The summed E-state index contributed by atoms with van der Waals surface area (Å²) in [5.74, 6) is -2.28. The molecule has 0 radical (unpaired) electrons. The summed E-state index contributed by atoms with van der Waals surface area (Å²) in [4.78, 5) is 12.4. The van der Waals surface area contributed by atoms with Crippen molar-refractivity contribution >= 4 is 21.8 Å². The van der Waals surface area contributed by atoms with Crippen molar-refractivity contribution in [1.82, 2.24) is 5.32 Å². The summed E-state index contributed by atoms with van der Waals surface area (Å²) in [6.45, 7) is 5.22. The van der Waals surface area contributed by atoms with Crippen molar-refractivity contribution in [2.24, 2.45) is 0 Å². The van der Waals surface area contributed by atoms with Gasteiger partial charge in [-0.1, -0.05) is 53.6 Å². The first-order valence-electron chi connectivity index (χ1n) is 9.79. The Kier molecular flexibility index (Phi) is 6.32. The van der Waals surface area contributed by atoms with Gasteiger partial charge in [0.15, 0.2) is 9.84 Å². The molecule has 1 amide bonds. The van der Waals surface area contributed by atoms with Crippen LogP contribution in [-0.2, 0) is 9.84 Å². The largest absolute Gasteiger partial charge is 0.399 e. The summed E-state index contributed by atoms with van der Waals surface area (Å²) >= 11 is 0. The zero-order chi connectivity index (χ0) is 23.0. The van der Waals surface area contributed by atoms with E-state index in [0.717, 1.165) is 17.2 Å². The number of nitrogens with one attached hydrogen (secondary N) is 1. The highest BCUT2D eigenvalue weighted by atomic mass is 32.2. The normalized spacial score (nSPS) is 17.4. The fourth-order valence-corrected chi connectivity index (χ4v) is 5.06. The average Bonchev–Trinajstić information content (AvgIpc) is 2.58. The Balaban J connectivity index is 1.79. The highest BCUT2D eigenvalue weighted by Gasteiger charge is 2.39. The van der Waals surface area contributed by atoms with Gasteiger partial charge in [0, 0.05) is 5.56 Å². The quantitative estimate of drug-likeness (QED) is 0.728. The number of halogens is 3. The Hall–Kier alpha value is -2.61. The molecule has 1 aliphatic heterocycles. The maximum Gasteiger partial charge on any atom is 0.399 e. The first kappa shape index (κ1) is 23.1. The summed E-state index contributed by atoms with van der Waals surface area (Å²) < 4.78 is 63.5. The standard InChI is InChI=1S/C23H24F3NO3S/c1-14-8-15(2)10-18(9-14)21(23(24,25)26)7-5-17-4-6-20(16(3)11-17)22(28)27-19-12-31(29,30)13-19/h4-11,19,21H,12-13H2,1-3H3,(H,27,28)/b7-5+. The van der Waals surface area contributed by atoms with Crippen LogP contribution in [0.3, 0.4) is 0 Å². The lowest BCUT2D eigenvalue weighted by molar-refractivity contribution is -0.139. The molecule has 1 unspecified atom stereocenters. The molecule has 166 valence electrons. The van der Waals surface area contributed by atoms with Crippen molar-refractivity contribution in [3.63, 3.8) is 0 Å². The number of hydrogen-bond donors (Lipinski definition) is 1. The van der Waals surface area contributed by atoms with Crippen molar-refractivity contribution in [2.45, 2.75) is 38.9 Å². The SMILES string of the molecule is Cc1cc(C)cc(C(/C=C/c2ccc(C(=O)NC3CS(=O)(=O)C3)c(C)c2)C(F)(F)F)c1. The number of amides is 1. The molecule has 1 fully saturated rings. The van der Waals surface area contributed by atoms with Crippen molar-refractivity contribution in [2.75, 3.05) is 11.5 Å². The highest BCUT2D eigenvalue weighted by molar-refractivity contribution is 7.92. The molecule has 8 heteroatoms. The first-order chi connectivity index (χ1) is 14.3. The third-order valence-electron chi connectivity index (χ3n) is 5.18. The molecule has 0 saturated carbocycles. The lowest BCUT2D eigenvalue weighted by atomic mass is 9.93. The number of allylic oxidation sites excluding steroid dienone is 1. The minimum atomic E-state index is -4.44. The molecule has 0 bridgehead atoms. The number of alkyl halides is 3. The zero-order valence-electron chi connectivity index (χ0n) is 17.5.